The fourth-order valence-electron chi connectivity index (χ4n) is 10.6. The van der Waals surface area contributed by atoms with Crippen LogP contribution in [0.2, 0.25) is 0 Å². The number of esters is 4. The molecule has 0 amide bonds. The van der Waals surface area contributed by atoms with Crippen LogP contribution in [0.3, 0.4) is 0 Å². The minimum Gasteiger partial charge on any atom is -0.462 e. The largest absolute Gasteiger partial charge is 0.472 e. The molecular formula is C71H138O17P2. The number of carbonyl (C=O) groups is 4. The quantitative estimate of drug-likeness (QED) is 0.0222. The monoisotopic (exact) mass is 1320 g/mol. The molecule has 0 aromatic heterocycles. The van der Waals surface area contributed by atoms with Gasteiger partial charge in [-0.15, -0.1) is 0 Å². The highest BCUT2D eigenvalue weighted by molar-refractivity contribution is 7.47. The molecule has 90 heavy (non-hydrogen) atoms. The van der Waals surface area contributed by atoms with Gasteiger partial charge >= 0.3 is 39.5 Å². The molecule has 0 aliphatic rings. The highest BCUT2D eigenvalue weighted by Gasteiger charge is 2.30. The van der Waals surface area contributed by atoms with Gasteiger partial charge in [0.2, 0.25) is 0 Å². The molecule has 3 unspecified atom stereocenters. The number of ether oxygens (including phenoxy) is 4. The molecule has 0 radical (unpaired) electrons. The van der Waals surface area contributed by atoms with Gasteiger partial charge in [0, 0.05) is 25.7 Å². The number of aliphatic hydroxyl groups excluding tert-OH is 1. The zero-order valence-electron chi connectivity index (χ0n) is 58.8. The second-order valence-corrected chi connectivity index (χ2v) is 30.2. The van der Waals surface area contributed by atoms with Crippen LogP contribution < -0.4 is 0 Å². The fraction of sp³-hybridized carbons (Fsp3) is 0.944. The molecule has 0 aliphatic carbocycles. The minimum absolute atomic E-state index is 0.101. The zero-order valence-corrected chi connectivity index (χ0v) is 60.6. The summed E-state index contributed by atoms with van der Waals surface area (Å²) in [6, 6.07) is 0. The number of carbonyl (C=O) groups excluding carboxylic acids is 4. The van der Waals surface area contributed by atoms with Gasteiger partial charge in [0.05, 0.1) is 26.4 Å². The Bertz CT molecular complexity index is 1780. The predicted molar refractivity (Wildman–Crippen MR) is 363 cm³/mol. The molecule has 534 valence electrons. The topological polar surface area (TPSA) is 237 Å². The Balaban J connectivity index is 5.12. The van der Waals surface area contributed by atoms with Crippen molar-refractivity contribution < 1.29 is 80.2 Å². The second-order valence-electron chi connectivity index (χ2n) is 27.3. The summed E-state index contributed by atoms with van der Waals surface area (Å²) in [6.45, 7) is 14.0. The molecule has 19 heteroatoms. The van der Waals surface area contributed by atoms with E-state index in [1.165, 1.54) is 148 Å². The summed E-state index contributed by atoms with van der Waals surface area (Å²) in [5, 5.41) is 10.6. The molecule has 17 nitrogen and oxygen atoms in total. The molecule has 0 heterocycles. The van der Waals surface area contributed by atoms with E-state index < -0.39 is 97.5 Å². The summed E-state index contributed by atoms with van der Waals surface area (Å²) < 4.78 is 68.2. The Morgan fingerprint density at radius 2 is 0.533 bits per heavy atom. The summed E-state index contributed by atoms with van der Waals surface area (Å²) in [5.41, 5.74) is 0. The smallest absolute Gasteiger partial charge is 0.462 e. The Kier molecular flexibility index (Phi) is 59.4. The van der Waals surface area contributed by atoms with Gasteiger partial charge < -0.3 is 33.8 Å². The third-order valence-corrected chi connectivity index (χ3v) is 18.6. The lowest BCUT2D eigenvalue weighted by atomic mass is 10.00. The standard InChI is InChI=1S/C71H138O17P2/c1-9-64(8)50-42-34-28-30-38-46-54-71(76)88-67(58-82-69(74)52-44-36-29-27-33-41-49-63(6)7)60-86-90(79,80)84-56-65(72)55-83-89(77,78)85-59-66(87-70(75)53-45-37-26-22-24-32-40-48-62(4)5)57-81-68(73)51-43-35-25-21-19-17-15-13-11-10-12-14-16-18-20-23-31-39-47-61(2)3/h61-67,72H,9-60H2,1-8H3,(H,77,78)(H,79,80)/t64?,65-,66-,67-/m1/s1. The molecular weight excluding hydrogens is 1190 g/mol. The van der Waals surface area contributed by atoms with Gasteiger partial charge in [-0.3, -0.25) is 37.3 Å². The van der Waals surface area contributed by atoms with Crippen LogP contribution >= 0.6 is 15.6 Å². The Labute approximate surface area is 549 Å². The van der Waals surface area contributed by atoms with Crippen LogP contribution in [-0.2, 0) is 65.4 Å². The Morgan fingerprint density at radius 1 is 0.311 bits per heavy atom. The van der Waals surface area contributed by atoms with Crippen molar-refractivity contribution in [3.63, 3.8) is 0 Å². The summed E-state index contributed by atoms with van der Waals surface area (Å²) >= 11 is 0. The molecule has 0 rings (SSSR count). The SMILES string of the molecule is CCC(C)CCCCCCCCC(=O)O[C@H](COC(=O)CCCCCCCCC(C)C)COP(=O)(O)OC[C@H](O)COP(=O)(O)OC[C@@H](COC(=O)CCCCCCCCCCCCCCCCCCCCC(C)C)OC(=O)CCCCCCCCCC(C)C. The van der Waals surface area contributed by atoms with E-state index in [0.29, 0.717) is 37.5 Å². The number of rotatable bonds is 68. The Hall–Kier alpha value is -1.94. The summed E-state index contributed by atoms with van der Waals surface area (Å²) in [6.07, 6.45) is 43.6. The third kappa shape index (κ3) is 63.5. The predicted octanol–water partition coefficient (Wildman–Crippen LogP) is 20.1. The van der Waals surface area contributed by atoms with E-state index in [9.17, 15) is 43.2 Å². The maximum absolute atomic E-state index is 13.0. The number of hydrogen-bond donors (Lipinski definition) is 3. The first-order chi connectivity index (χ1) is 43.1. The van der Waals surface area contributed by atoms with Crippen molar-refractivity contribution in [2.24, 2.45) is 23.7 Å². The second kappa shape index (κ2) is 60.7. The first-order valence-electron chi connectivity index (χ1n) is 36.7. The highest BCUT2D eigenvalue weighted by atomic mass is 31.2. The molecule has 6 atom stereocenters. The first-order valence-corrected chi connectivity index (χ1v) is 39.7. The van der Waals surface area contributed by atoms with Crippen LogP contribution in [0.5, 0.6) is 0 Å². The first kappa shape index (κ1) is 88.1. The van der Waals surface area contributed by atoms with Crippen LogP contribution in [0, 0.1) is 23.7 Å². The molecule has 3 N–H and O–H groups in total. The number of phosphoric acid groups is 2. The maximum Gasteiger partial charge on any atom is 0.472 e. The number of aliphatic hydroxyl groups is 1. The third-order valence-electron chi connectivity index (χ3n) is 16.7. The number of phosphoric ester groups is 2. The molecule has 0 aromatic rings. The van der Waals surface area contributed by atoms with Crippen molar-refractivity contribution in [1.29, 1.82) is 0 Å². The van der Waals surface area contributed by atoms with Gasteiger partial charge in [0.1, 0.15) is 19.3 Å². The molecule has 0 saturated carbocycles. The van der Waals surface area contributed by atoms with Crippen molar-refractivity contribution in [2.75, 3.05) is 39.6 Å². The lowest BCUT2D eigenvalue weighted by Crippen LogP contribution is -2.30. The molecule has 0 saturated heterocycles. The van der Waals surface area contributed by atoms with Crippen molar-refractivity contribution in [2.45, 2.75) is 369 Å². The van der Waals surface area contributed by atoms with E-state index in [0.717, 1.165) is 108 Å². The maximum atomic E-state index is 13.0. The molecule has 0 spiro atoms. The van der Waals surface area contributed by atoms with Gasteiger partial charge in [-0.1, -0.05) is 299 Å². The average molecular weight is 1330 g/mol. The van der Waals surface area contributed by atoms with E-state index in [2.05, 4.69) is 55.4 Å². The normalized spacial score (nSPS) is 14.6. The van der Waals surface area contributed by atoms with Crippen LogP contribution in [0.1, 0.15) is 351 Å². The highest BCUT2D eigenvalue weighted by Crippen LogP contribution is 2.45. The number of unbranched alkanes of at least 4 members (excludes halogenated alkanes) is 33. The van der Waals surface area contributed by atoms with Crippen LogP contribution in [-0.4, -0.2) is 96.7 Å². The summed E-state index contributed by atoms with van der Waals surface area (Å²) in [5.74, 6) is 0.782. The van der Waals surface area contributed by atoms with E-state index in [1.54, 1.807) is 0 Å². The lowest BCUT2D eigenvalue weighted by molar-refractivity contribution is -0.161. The molecule has 0 aliphatic heterocycles. The lowest BCUT2D eigenvalue weighted by Gasteiger charge is -2.21. The molecule has 0 aromatic carbocycles. The van der Waals surface area contributed by atoms with Crippen molar-refractivity contribution in [3.05, 3.63) is 0 Å². The van der Waals surface area contributed by atoms with E-state index in [1.807, 2.05) is 0 Å². The summed E-state index contributed by atoms with van der Waals surface area (Å²) in [4.78, 5) is 72.4. The van der Waals surface area contributed by atoms with Crippen molar-refractivity contribution in [3.8, 4) is 0 Å². The van der Waals surface area contributed by atoms with Gasteiger partial charge in [0.25, 0.3) is 0 Å². The Morgan fingerprint density at radius 3 is 0.789 bits per heavy atom. The van der Waals surface area contributed by atoms with Crippen molar-refractivity contribution >= 4 is 39.5 Å². The van der Waals surface area contributed by atoms with Crippen LogP contribution in [0.4, 0.5) is 0 Å². The van der Waals surface area contributed by atoms with E-state index in [4.69, 9.17) is 37.0 Å². The number of hydrogen-bond acceptors (Lipinski definition) is 15. The van der Waals surface area contributed by atoms with Gasteiger partial charge in [-0.05, 0) is 49.4 Å². The van der Waals surface area contributed by atoms with Crippen molar-refractivity contribution in [1.82, 2.24) is 0 Å². The van der Waals surface area contributed by atoms with Gasteiger partial charge in [0.15, 0.2) is 12.2 Å². The van der Waals surface area contributed by atoms with E-state index in [-0.39, 0.29) is 25.7 Å². The van der Waals surface area contributed by atoms with Crippen LogP contribution in [0.15, 0.2) is 0 Å². The van der Waals surface area contributed by atoms with Gasteiger partial charge in [-0.2, -0.15) is 0 Å². The van der Waals surface area contributed by atoms with Gasteiger partial charge in [-0.25, -0.2) is 9.13 Å². The summed E-state index contributed by atoms with van der Waals surface area (Å²) in [7, 11) is -9.90. The zero-order chi connectivity index (χ0) is 66.8. The molecule has 0 fully saturated rings. The van der Waals surface area contributed by atoms with E-state index >= 15 is 0 Å². The molecule has 0 bridgehead atoms. The van der Waals surface area contributed by atoms with Crippen LogP contribution in [0.25, 0.3) is 0 Å². The average Bonchev–Trinajstić information content (AvgIpc) is 3.57. The minimum atomic E-state index is -4.95. The fourth-order valence-corrected chi connectivity index (χ4v) is 12.2.